The van der Waals surface area contributed by atoms with Gasteiger partial charge in [-0.25, -0.2) is 0 Å². The minimum absolute atomic E-state index is 0.0972. The van der Waals surface area contributed by atoms with Gasteiger partial charge in [-0.3, -0.25) is 9.59 Å². The zero-order valence-corrected chi connectivity index (χ0v) is 17.2. The van der Waals surface area contributed by atoms with Crippen molar-refractivity contribution in [3.8, 4) is 17.2 Å². The van der Waals surface area contributed by atoms with Crippen LogP contribution >= 0.6 is 0 Å². The van der Waals surface area contributed by atoms with Gasteiger partial charge < -0.3 is 20.1 Å². The molecule has 3 aromatic rings. The Morgan fingerprint density at radius 1 is 1.00 bits per heavy atom. The van der Waals surface area contributed by atoms with Crippen LogP contribution in [0.25, 0.3) is 0 Å². The first-order chi connectivity index (χ1) is 15.0. The fourth-order valence-electron chi connectivity index (χ4n) is 3.66. The lowest BCUT2D eigenvalue weighted by Gasteiger charge is -2.24. The fourth-order valence-corrected chi connectivity index (χ4v) is 3.66. The van der Waals surface area contributed by atoms with Crippen molar-refractivity contribution in [2.24, 2.45) is 0 Å². The number of nitrogens with one attached hydrogen (secondary N) is 1. The molecule has 2 N–H and O–H groups in total. The second kappa shape index (κ2) is 8.92. The smallest absolute Gasteiger partial charge is 0.254 e. The van der Waals surface area contributed by atoms with Crippen LogP contribution in [0.4, 0.5) is 5.69 Å². The standard InChI is InChI=1S/C25H24N2O4/c1-17-7-13-21(14-8-17)31-22-5-2-4-19(16-22)26-24(29)23-6-3-15-27(23)25(30)18-9-11-20(28)12-10-18/h2,4-5,7-14,16,23,28H,3,6,15H2,1H3,(H,26,29). The van der Waals surface area contributed by atoms with Gasteiger partial charge in [-0.1, -0.05) is 23.8 Å². The Hall–Kier alpha value is -3.80. The zero-order valence-electron chi connectivity index (χ0n) is 17.2. The molecule has 6 nitrogen and oxygen atoms in total. The molecule has 1 aliphatic rings. The van der Waals surface area contributed by atoms with Crippen LogP contribution in [0.1, 0.15) is 28.8 Å². The van der Waals surface area contributed by atoms with E-state index >= 15 is 0 Å². The first-order valence-corrected chi connectivity index (χ1v) is 10.2. The molecular formula is C25H24N2O4. The van der Waals surface area contributed by atoms with Crippen molar-refractivity contribution in [1.29, 1.82) is 0 Å². The molecule has 1 aliphatic heterocycles. The Morgan fingerprint density at radius 3 is 2.48 bits per heavy atom. The third-order valence-corrected chi connectivity index (χ3v) is 5.29. The summed E-state index contributed by atoms with van der Waals surface area (Å²) in [6, 6.07) is 20.5. The van der Waals surface area contributed by atoms with Crippen molar-refractivity contribution in [3.63, 3.8) is 0 Å². The quantitative estimate of drug-likeness (QED) is 0.630. The maximum atomic E-state index is 12.9. The third kappa shape index (κ3) is 4.86. The van der Waals surface area contributed by atoms with Gasteiger partial charge in [0.25, 0.3) is 5.91 Å². The van der Waals surface area contributed by atoms with Crippen molar-refractivity contribution >= 4 is 17.5 Å². The van der Waals surface area contributed by atoms with Crippen molar-refractivity contribution in [3.05, 3.63) is 83.9 Å². The summed E-state index contributed by atoms with van der Waals surface area (Å²) in [5, 5.41) is 12.3. The number of hydrogen-bond donors (Lipinski definition) is 2. The van der Waals surface area contributed by atoms with E-state index in [1.165, 1.54) is 12.1 Å². The van der Waals surface area contributed by atoms with Gasteiger partial charge in [0.15, 0.2) is 0 Å². The van der Waals surface area contributed by atoms with Gasteiger partial charge in [-0.15, -0.1) is 0 Å². The molecule has 1 atom stereocenters. The maximum absolute atomic E-state index is 12.9. The topological polar surface area (TPSA) is 78.9 Å². The van der Waals surface area contributed by atoms with Gasteiger partial charge in [-0.2, -0.15) is 0 Å². The van der Waals surface area contributed by atoms with Crippen molar-refractivity contribution < 1.29 is 19.4 Å². The van der Waals surface area contributed by atoms with Crippen LogP contribution in [-0.2, 0) is 4.79 Å². The van der Waals surface area contributed by atoms with Gasteiger partial charge in [-0.05, 0) is 68.3 Å². The number of rotatable bonds is 5. The Bertz CT molecular complexity index is 1080. The van der Waals surface area contributed by atoms with E-state index in [4.69, 9.17) is 4.74 Å². The predicted molar refractivity (Wildman–Crippen MR) is 118 cm³/mol. The number of hydrogen-bond acceptors (Lipinski definition) is 4. The molecule has 0 radical (unpaired) electrons. The minimum Gasteiger partial charge on any atom is -0.508 e. The van der Waals surface area contributed by atoms with E-state index in [-0.39, 0.29) is 17.6 Å². The summed E-state index contributed by atoms with van der Waals surface area (Å²) in [6.45, 7) is 2.53. The van der Waals surface area contributed by atoms with Crippen molar-refractivity contribution in [2.75, 3.05) is 11.9 Å². The Labute approximate surface area is 181 Å². The molecule has 1 saturated heterocycles. The minimum atomic E-state index is -0.539. The van der Waals surface area contributed by atoms with Crippen LogP contribution < -0.4 is 10.1 Å². The highest BCUT2D eigenvalue weighted by atomic mass is 16.5. The monoisotopic (exact) mass is 416 g/mol. The number of nitrogens with zero attached hydrogens (tertiary/aromatic N) is 1. The van der Waals surface area contributed by atoms with Gasteiger partial charge in [0.05, 0.1) is 0 Å². The summed E-state index contributed by atoms with van der Waals surface area (Å²) in [5.74, 6) is 0.992. The molecule has 0 saturated carbocycles. The predicted octanol–water partition coefficient (Wildman–Crippen LogP) is 4.74. The summed E-state index contributed by atoms with van der Waals surface area (Å²) >= 11 is 0. The molecule has 2 amide bonds. The van der Waals surface area contributed by atoms with E-state index in [2.05, 4.69) is 5.32 Å². The van der Waals surface area contributed by atoms with Crippen LogP contribution in [0.2, 0.25) is 0 Å². The number of carbonyl (C=O) groups excluding carboxylic acids is 2. The molecule has 31 heavy (non-hydrogen) atoms. The van der Waals surface area contributed by atoms with Gasteiger partial charge in [0.2, 0.25) is 5.91 Å². The summed E-state index contributed by atoms with van der Waals surface area (Å²) in [6.07, 6.45) is 1.37. The van der Waals surface area contributed by atoms with E-state index in [1.54, 1.807) is 29.2 Å². The van der Waals surface area contributed by atoms with E-state index in [9.17, 15) is 14.7 Å². The second-order valence-corrected chi connectivity index (χ2v) is 7.64. The molecule has 158 valence electrons. The number of anilines is 1. The molecule has 0 bridgehead atoms. The number of carbonyl (C=O) groups is 2. The number of phenolic OH excluding ortho intramolecular Hbond substituents is 1. The molecule has 3 aromatic carbocycles. The summed E-state index contributed by atoms with van der Waals surface area (Å²) < 4.78 is 5.87. The molecule has 1 fully saturated rings. The molecule has 0 spiro atoms. The molecular weight excluding hydrogens is 392 g/mol. The number of phenols is 1. The second-order valence-electron chi connectivity index (χ2n) is 7.64. The first kappa shape index (κ1) is 20.5. The van der Waals surface area contributed by atoms with E-state index in [0.29, 0.717) is 30.0 Å². The van der Waals surface area contributed by atoms with Gasteiger partial charge in [0, 0.05) is 23.9 Å². The highest BCUT2D eigenvalue weighted by Gasteiger charge is 2.34. The van der Waals surface area contributed by atoms with E-state index in [1.807, 2.05) is 43.3 Å². The van der Waals surface area contributed by atoms with Crippen LogP contribution in [0.5, 0.6) is 17.2 Å². The zero-order chi connectivity index (χ0) is 21.8. The van der Waals surface area contributed by atoms with Crippen molar-refractivity contribution in [1.82, 2.24) is 4.90 Å². The fraction of sp³-hybridized carbons (Fsp3) is 0.200. The molecule has 1 unspecified atom stereocenters. The normalized spacial score (nSPS) is 15.5. The number of likely N-dealkylation sites (tertiary alicyclic amines) is 1. The number of benzene rings is 3. The highest BCUT2D eigenvalue weighted by Crippen LogP contribution is 2.26. The Kier molecular flexibility index (Phi) is 5.89. The molecule has 4 rings (SSSR count). The van der Waals surface area contributed by atoms with Crippen LogP contribution in [-0.4, -0.2) is 34.4 Å². The third-order valence-electron chi connectivity index (χ3n) is 5.29. The SMILES string of the molecule is Cc1ccc(Oc2cccc(NC(=O)C3CCCN3C(=O)c3ccc(O)cc3)c2)cc1. The van der Waals surface area contributed by atoms with Crippen molar-refractivity contribution in [2.45, 2.75) is 25.8 Å². The summed E-state index contributed by atoms with van der Waals surface area (Å²) in [5.41, 5.74) is 2.21. The number of aryl methyl sites for hydroxylation is 1. The molecule has 6 heteroatoms. The Balaban J connectivity index is 1.44. The largest absolute Gasteiger partial charge is 0.508 e. The Morgan fingerprint density at radius 2 is 1.74 bits per heavy atom. The van der Waals surface area contributed by atoms with Gasteiger partial charge in [0.1, 0.15) is 23.3 Å². The first-order valence-electron chi connectivity index (χ1n) is 10.2. The lowest BCUT2D eigenvalue weighted by molar-refractivity contribution is -0.119. The lowest BCUT2D eigenvalue weighted by Crippen LogP contribution is -2.43. The number of aromatic hydroxyl groups is 1. The lowest BCUT2D eigenvalue weighted by atomic mass is 10.1. The number of ether oxygens (including phenoxy) is 1. The van der Waals surface area contributed by atoms with Crippen LogP contribution in [0.3, 0.4) is 0 Å². The number of amides is 2. The van der Waals surface area contributed by atoms with Gasteiger partial charge >= 0.3 is 0 Å². The van der Waals surface area contributed by atoms with E-state index in [0.717, 1.165) is 17.7 Å². The molecule has 1 heterocycles. The van der Waals surface area contributed by atoms with E-state index < -0.39 is 6.04 Å². The summed E-state index contributed by atoms with van der Waals surface area (Å²) in [7, 11) is 0. The summed E-state index contributed by atoms with van der Waals surface area (Å²) in [4.78, 5) is 27.4. The average molecular weight is 416 g/mol. The van der Waals surface area contributed by atoms with Crippen LogP contribution in [0.15, 0.2) is 72.8 Å². The molecule has 0 aromatic heterocycles. The highest BCUT2D eigenvalue weighted by molar-refractivity contribution is 6.01. The average Bonchev–Trinajstić information content (AvgIpc) is 3.26. The maximum Gasteiger partial charge on any atom is 0.254 e. The van der Waals surface area contributed by atoms with Crippen LogP contribution in [0, 0.1) is 6.92 Å². The molecule has 0 aliphatic carbocycles.